The predicted molar refractivity (Wildman–Crippen MR) is 101 cm³/mol. The van der Waals surface area contributed by atoms with E-state index in [0.717, 1.165) is 17.0 Å². The number of amides is 2. The largest absolute Gasteiger partial charge is 0.449 e. The van der Waals surface area contributed by atoms with Crippen LogP contribution < -0.4 is 10.6 Å². The van der Waals surface area contributed by atoms with Gasteiger partial charge in [0.1, 0.15) is 5.82 Å². The molecule has 3 rings (SSSR count). The van der Waals surface area contributed by atoms with Crippen molar-refractivity contribution < 1.29 is 23.5 Å². The summed E-state index contributed by atoms with van der Waals surface area (Å²) in [5.41, 5.74) is 0.941. The molecule has 1 atom stereocenters. The molecule has 0 unspecified atom stereocenters. The highest BCUT2D eigenvalue weighted by Crippen LogP contribution is 2.32. The van der Waals surface area contributed by atoms with Crippen LogP contribution in [0.4, 0.5) is 15.8 Å². The van der Waals surface area contributed by atoms with Gasteiger partial charge in [0.05, 0.1) is 27.7 Å². The fourth-order valence-corrected chi connectivity index (χ4v) is 3.32. The Morgan fingerprint density at radius 2 is 2.07 bits per heavy atom. The van der Waals surface area contributed by atoms with Crippen LogP contribution in [0.2, 0.25) is 5.02 Å². The van der Waals surface area contributed by atoms with Crippen molar-refractivity contribution >= 4 is 52.5 Å². The summed E-state index contributed by atoms with van der Waals surface area (Å²) < 4.78 is 18.2. The van der Waals surface area contributed by atoms with Gasteiger partial charge in [-0.1, -0.05) is 11.6 Å². The van der Waals surface area contributed by atoms with Gasteiger partial charge < -0.3 is 15.4 Å². The Morgan fingerprint density at radius 3 is 2.81 bits per heavy atom. The second kappa shape index (κ2) is 7.98. The van der Waals surface area contributed by atoms with E-state index in [2.05, 4.69) is 10.6 Å². The van der Waals surface area contributed by atoms with E-state index >= 15 is 0 Å². The molecule has 0 saturated heterocycles. The van der Waals surface area contributed by atoms with Gasteiger partial charge in [-0.15, -0.1) is 11.8 Å². The first kappa shape index (κ1) is 19.2. The zero-order valence-electron chi connectivity index (χ0n) is 14.0. The first-order valence-electron chi connectivity index (χ1n) is 7.87. The molecule has 0 aliphatic carbocycles. The standard InChI is InChI=1S/C18H14ClFN2O4S/c1-9(17(24)22-13-4-3-11(20)7-12(13)19)26-18(25)10-2-5-15-14(6-10)21-16(23)8-27-15/h2-7,9H,8H2,1H3,(H,21,23)(H,22,24)/t9-/m0/s1. The Kier molecular flexibility index (Phi) is 5.67. The van der Waals surface area contributed by atoms with E-state index in [9.17, 15) is 18.8 Å². The number of nitrogens with one attached hydrogen (secondary N) is 2. The topological polar surface area (TPSA) is 84.5 Å². The van der Waals surface area contributed by atoms with Crippen molar-refractivity contribution in [3.63, 3.8) is 0 Å². The number of anilines is 2. The van der Waals surface area contributed by atoms with Crippen LogP contribution >= 0.6 is 23.4 Å². The van der Waals surface area contributed by atoms with Gasteiger partial charge in [-0.05, 0) is 43.3 Å². The molecule has 0 aromatic heterocycles. The minimum atomic E-state index is -1.11. The third-order valence-electron chi connectivity index (χ3n) is 3.69. The van der Waals surface area contributed by atoms with Crippen LogP contribution in [0.3, 0.4) is 0 Å². The molecule has 1 heterocycles. The molecular formula is C18H14ClFN2O4S. The van der Waals surface area contributed by atoms with Crippen LogP contribution in [0.1, 0.15) is 17.3 Å². The summed E-state index contributed by atoms with van der Waals surface area (Å²) in [5, 5.41) is 5.19. The third kappa shape index (κ3) is 4.58. The number of hydrogen-bond donors (Lipinski definition) is 2. The highest BCUT2D eigenvalue weighted by molar-refractivity contribution is 8.00. The van der Waals surface area contributed by atoms with Crippen molar-refractivity contribution in [2.45, 2.75) is 17.9 Å². The lowest BCUT2D eigenvalue weighted by Gasteiger charge is -2.18. The molecule has 27 heavy (non-hydrogen) atoms. The van der Waals surface area contributed by atoms with E-state index < -0.39 is 23.8 Å². The minimum Gasteiger partial charge on any atom is -0.449 e. The number of carbonyl (C=O) groups is 3. The fourth-order valence-electron chi connectivity index (χ4n) is 2.32. The molecule has 1 aliphatic heterocycles. The van der Waals surface area contributed by atoms with Gasteiger partial charge in [0.2, 0.25) is 5.91 Å². The van der Waals surface area contributed by atoms with Crippen molar-refractivity contribution in [1.29, 1.82) is 0 Å². The molecule has 1 aliphatic rings. The van der Waals surface area contributed by atoms with Gasteiger partial charge in [-0.25, -0.2) is 9.18 Å². The predicted octanol–water partition coefficient (Wildman–Crippen LogP) is 3.71. The van der Waals surface area contributed by atoms with Crippen LogP contribution in [0.15, 0.2) is 41.3 Å². The second-order valence-corrected chi connectivity index (χ2v) is 7.13. The van der Waals surface area contributed by atoms with Gasteiger partial charge in [0, 0.05) is 4.90 Å². The zero-order valence-corrected chi connectivity index (χ0v) is 15.6. The van der Waals surface area contributed by atoms with E-state index in [0.29, 0.717) is 11.4 Å². The maximum absolute atomic E-state index is 13.1. The van der Waals surface area contributed by atoms with Crippen LogP contribution in [0.5, 0.6) is 0 Å². The minimum absolute atomic E-state index is 0.0322. The van der Waals surface area contributed by atoms with Crippen LogP contribution in [0, 0.1) is 5.82 Å². The molecule has 2 amide bonds. The summed E-state index contributed by atoms with van der Waals surface area (Å²) in [5.74, 6) is -1.69. The Balaban J connectivity index is 1.65. The fraction of sp³-hybridized carbons (Fsp3) is 0.167. The van der Waals surface area contributed by atoms with Gasteiger partial charge in [-0.2, -0.15) is 0 Å². The maximum Gasteiger partial charge on any atom is 0.338 e. The molecule has 0 radical (unpaired) electrons. The highest BCUT2D eigenvalue weighted by Gasteiger charge is 2.22. The van der Waals surface area contributed by atoms with Crippen LogP contribution in [-0.2, 0) is 14.3 Å². The number of esters is 1. The molecule has 0 bridgehead atoms. The first-order chi connectivity index (χ1) is 12.8. The number of fused-ring (bicyclic) bond motifs is 1. The summed E-state index contributed by atoms with van der Waals surface area (Å²) in [4.78, 5) is 36.8. The van der Waals surface area contributed by atoms with Crippen molar-refractivity contribution in [3.05, 3.63) is 52.8 Å². The number of halogens is 2. The Hall–Kier alpha value is -2.58. The molecule has 2 aromatic rings. The normalized spacial score (nSPS) is 14.0. The van der Waals surface area contributed by atoms with Crippen LogP contribution in [-0.4, -0.2) is 29.6 Å². The second-order valence-electron chi connectivity index (χ2n) is 5.71. The van der Waals surface area contributed by atoms with E-state index in [1.807, 2.05) is 0 Å². The lowest BCUT2D eigenvalue weighted by atomic mass is 10.2. The lowest BCUT2D eigenvalue weighted by molar-refractivity contribution is -0.123. The average molecular weight is 409 g/mol. The highest BCUT2D eigenvalue weighted by atomic mass is 35.5. The van der Waals surface area contributed by atoms with Gasteiger partial charge in [0.25, 0.3) is 5.91 Å². The van der Waals surface area contributed by atoms with E-state index in [4.69, 9.17) is 16.3 Å². The van der Waals surface area contributed by atoms with Crippen molar-refractivity contribution in [1.82, 2.24) is 0 Å². The molecular weight excluding hydrogens is 395 g/mol. The number of rotatable bonds is 4. The van der Waals surface area contributed by atoms with Crippen molar-refractivity contribution in [2.24, 2.45) is 0 Å². The van der Waals surface area contributed by atoms with E-state index in [-0.39, 0.29) is 22.2 Å². The molecule has 0 fully saturated rings. The van der Waals surface area contributed by atoms with Gasteiger partial charge >= 0.3 is 5.97 Å². The Morgan fingerprint density at radius 1 is 1.30 bits per heavy atom. The van der Waals surface area contributed by atoms with Gasteiger partial charge in [-0.3, -0.25) is 9.59 Å². The van der Waals surface area contributed by atoms with Crippen LogP contribution in [0.25, 0.3) is 0 Å². The molecule has 9 heteroatoms. The number of benzene rings is 2. The third-order valence-corrected chi connectivity index (χ3v) is 5.08. The van der Waals surface area contributed by atoms with Crippen molar-refractivity contribution in [2.75, 3.05) is 16.4 Å². The average Bonchev–Trinajstić information content (AvgIpc) is 2.63. The summed E-state index contributed by atoms with van der Waals surface area (Å²) in [6, 6.07) is 8.30. The monoisotopic (exact) mass is 408 g/mol. The number of thioether (sulfide) groups is 1. The molecule has 0 saturated carbocycles. The molecule has 6 nitrogen and oxygen atoms in total. The Bertz CT molecular complexity index is 938. The lowest BCUT2D eigenvalue weighted by Crippen LogP contribution is -2.30. The molecule has 2 N–H and O–H groups in total. The smallest absolute Gasteiger partial charge is 0.338 e. The SMILES string of the molecule is C[C@H](OC(=O)c1ccc2c(c1)NC(=O)CS2)C(=O)Nc1ccc(F)cc1Cl. The zero-order chi connectivity index (χ0) is 19.6. The van der Waals surface area contributed by atoms with Crippen molar-refractivity contribution in [3.8, 4) is 0 Å². The number of hydrogen-bond acceptors (Lipinski definition) is 5. The Labute approximate surface area is 163 Å². The van der Waals surface area contributed by atoms with Gasteiger partial charge in [0.15, 0.2) is 6.10 Å². The summed E-state index contributed by atoms with van der Waals surface area (Å²) in [6.45, 7) is 1.40. The molecule has 140 valence electrons. The number of carbonyl (C=O) groups excluding carboxylic acids is 3. The molecule has 0 spiro atoms. The van der Waals surface area contributed by atoms with E-state index in [1.54, 1.807) is 12.1 Å². The summed E-state index contributed by atoms with van der Waals surface area (Å²) >= 11 is 7.23. The number of ether oxygens (including phenoxy) is 1. The summed E-state index contributed by atoms with van der Waals surface area (Å²) in [7, 11) is 0. The maximum atomic E-state index is 13.1. The quantitative estimate of drug-likeness (QED) is 0.753. The summed E-state index contributed by atoms with van der Waals surface area (Å²) in [6.07, 6.45) is -1.11. The first-order valence-corrected chi connectivity index (χ1v) is 9.23. The molecule has 2 aromatic carbocycles. The van der Waals surface area contributed by atoms with E-state index in [1.165, 1.54) is 30.8 Å².